The lowest BCUT2D eigenvalue weighted by atomic mass is 9.91. The summed E-state index contributed by atoms with van der Waals surface area (Å²) in [4.78, 5) is 52.7. The van der Waals surface area contributed by atoms with Crippen LogP contribution in [0, 0.1) is 0 Å². The highest BCUT2D eigenvalue weighted by atomic mass is 16.6. The van der Waals surface area contributed by atoms with Crippen molar-refractivity contribution in [3.63, 3.8) is 0 Å². The molecule has 0 saturated heterocycles. The topological polar surface area (TPSA) is 114 Å². The molecule has 0 fully saturated rings. The molecule has 0 spiro atoms. The molecule has 0 aliphatic rings. The van der Waals surface area contributed by atoms with E-state index < -0.39 is 45.9 Å². The molecule has 4 rings (SSSR count). The standard InChI is InChI=1S/C33H39N3O5/c1-30(2,3)41-29(40)33(8,9)36-28(39)32(6,7)35-27(38)31(4,5)34-26(37)23-18-16-21-14-13-19-11-10-12-20-15-17-22(23)25(21)24(19)20/h10-18H,1-9H3,(H,34,37)(H,35,38)(H,36,39). The van der Waals surface area contributed by atoms with E-state index in [2.05, 4.69) is 22.0 Å². The minimum absolute atomic E-state index is 0.406. The van der Waals surface area contributed by atoms with Crippen LogP contribution in [0.1, 0.15) is 72.7 Å². The van der Waals surface area contributed by atoms with Gasteiger partial charge in [-0.3, -0.25) is 14.4 Å². The molecule has 41 heavy (non-hydrogen) atoms. The van der Waals surface area contributed by atoms with Gasteiger partial charge < -0.3 is 20.7 Å². The van der Waals surface area contributed by atoms with Crippen LogP contribution in [0.5, 0.6) is 0 Å². The van der Waals surface area contributed by atoms with Gasteiger partial charge in [0, 0.05) is 5.56 Å². The highest BCUT2D eigenvalue weighted by Gasteiger charge is 2.41. The molecule has 0 heterocycles. The highest BCUT2D eigenvalue weighted by molar-refractivity contribution is 6.26. The summed E-state index contributed by atoms with van der Waals surface area (Å²) in [6.07, 6.45) is 0. The monoisotopic (exact) mass is 557 g/mol. The zero-order chi connectivity index (χ0) is 30.5. The quantitative estimate of drug-likeness (QED) is 0.213. The van der Waals surface area contributed by atoms with Gasteiger partial charge in [-0.1, -0.05) is 48.5 Å². The van der Waals surface area contributed by atoms with Crippen molar-refractivity contribution in [2.24, 2.45) is 0 Å². The number of hydrogen-bond acceptors (Lipinski definition) is 5. The molecule has 0 radical (unpaired) electrons. The normalized spacial score (nSPS) is 12.9. The van der Waals surface area contributed by atoms with E-state index >= 15 is 0 Å². The van der Waals surface area contributed by atoms with Crippen LogP contribution in [0.4, 0.5) is 0 Å². The first kappa shape index (κ1) is 29.8. The van der Waals surface area contributed by atoms with Crippen molar-refractivity contribution in [1.82, 2.24) is 16.0 Å². The third-order valence-electron chi connectivity index (χ3n) is 7.10. The molecule has 216 valence electrons. The number of carbonyl (C=O) groups is 4. The number of carbonyl (C=O) groups excluding carboxylic acids is 4. The van der Waals surface area contributed by atoms with E-state index in [4.69, 9.17) is 4.74 Å². The maximum atomic E-state index is 13.6. The number of ether oxygens (including phenoxy) is 1. The summed E-state index contributed by atoms with van der Waals surface area (Å²) in [5.41, 5.74) is -4.36. The number of amides is 3. The average Bonchev–Trinajstić information content (AvgIpc) is 2.85. The Hall–Kier alpha value is -4.20. The van der Waals surface area contributed by atoms with Gasteiger partial charge in [0.2, 0.25) is 11.8 Å². The Morgan fingerprint density at radius 2 is 1.02 bits per heavy atom. The van der Waals surface area contributed by atoms with E-state index in [1.54, 1.807) is 40.7 Å². The fourth-order valence-electron chi connectivity index (χ4n) is 4.73. The van der Waals surface area contributed by atoms with Crippen molar-refractivity contribution >= 4 is 56.0 Å². The Labute approximate surface area is 240 Å². The van der Waals surface area contributed by atoms with Crippen molar-refractivity contribution in [2.75, 3.05) is 0 Å². The van der Waals surface area contributed by atoms with E-state index in [0.29, 0.717) is 5.56 Å². The van der Waals surface area contributed by atoms with Gasteiger partial charge in [0.1, 0.15) is 22.2 Å². The largest absolute Gasteiger partial charge is 0.458 e. The lowest BCUT2D eigenvalue weighted by molar-refractivity contribution is -0.163. The zero-order valence-corrected chi connectivity index (χ0v) is 25.2. The van der Waals surface area contributed by atoms with Gasteiger partial charge in [0.25, 0.3) is 5.91 Å². The minimum Gasteiger partial charge on any atom is -0.458 e. The van der Waals surface area contributed by atoms with E-state index in [0.717, 1.165) is 32.3 Å². The van der Waals surface area contributed by atoms with Gasteiger partial charge in [-0.2, -0.15) is 0 Å². The minimum atomic E-state index is -1.40. The summed E-state index contributed by atoms with van der Waals surface area (Å²) in [7, 11) is 0. The summed E-state index contributed by atoms with van der Waals surface area (Å²) in [5.74, 6) is -2.13. The third-order valence-corrected chi connectivity index (χ3v) is 7.10. The number of hydrogen-bond donors (Lipinski definition) is 3. The molecule has 0 unspecified atom stereocenters. The Kier molecular flexibility index (Phi) is 7.27. The predicted octanol–water partition coefficient (Wildman–Crippen LogP) is 5.22. The second-order valence-electron chi connectivity index (χ2n) is 13.2. The number of nitrogens with one attached hydrogen (secondary N) is 3. The van der Waals surface area contributed by atoms with Gasteiger partial charge in [-0.15, -0.1) is 0 Å². The van der Waals surface area contributed by atoms with Gasteiger partial charge in [0.05, 0.1) is 0 Å². The van der Waals surface area contributed by atoms with Crippen molar-refractivity contribution in [3.8, 4) is 0 Å². The first-order valence-corrected chi connectivity index (χ1v) is 13.7. The van der Waals surface area contributed by atoms with Gasteiger partial charge in [-0.05, 0) is 101 Å². The smallest absolute Gasteiger partial charge is 0.331 e. The van der Waals surface area contributed by atoms with Crippen LogP contribution in [0.3, 0.4) is 0 Å². The van der Waals surface area contributed by atoms with Gasteiger partial charge in [0.15, 0.2) is 0 Å². The van der Waals surface area contributed by atoms with Crippen molar-refractivity contribution in [2.45, 2.75) is 84.5 Å². The first-order chi connectivity index (χ1) is 18.8. The SMILES string of the molecule is CC(C)(C)OC(=O)C(C)(C)NC(=O)C(C)(C)NC(=O)C(C)(C)NC(=O)c1ccc2ccc3cccc4ccc1c2c34. The molecule has 0 bridgehead atoms. The van der Waals surface area contributed by atoms with Gasteiger partial charge in [-0.25, -0.2) is 4.79 Å². The molecule has 3 amide bonds. The average molecular weight is 558 g/mol. The highest BCUT2D eigenvalue weighted by Crippen LogP contribution is 2.36. The zero-order valence-electron chi connectivity index (χ0n) is 25.2. The van der Waals surface area contributed by atoms with Crippen molar-refractivity contribution in [1.29, 1.82) is 0 Å². The second-order valence-corrected chi connectivity index (χ2v) is 13.2. The molecular weight excluding hydrogens is 518 g/mol. The summed E-state index contributed by atoms with van der Waals surface area (Å²) < 4.78 is 5.42. The molecule has 8 nitrogen and oxygen atoms in total. The van der Waals surface area contributed by atoms with E-state index in [1.165, 1.54) is 27.7 Å². The fourth-order valence-corrected chi connectivity index (χ4v) is 4.73. The molecule has 3 N–H and O–H groups in total. The Morgan fingerprint density at radius 1 is 0.561 bits per heavy atom. The maximum Gasteiger partial charge on any atom is 0.331 e. The fraction of sp³-hybridized carbons (Fsp3) is 0.394. The predicted molar refractivity (Wildman–Crippen MR) is 162 cm³/mol. The molecular formula is C33H39N3O5. The first-order valence-electron chi connectivity index (χ1n) is 13.7. The van der Waals surface area contributed by atoms with Crippen LogP contribution in [0.15, 0.2) is 54.6 Å². The molecule has 4 aromatic rings. The summed E-state index contributed by atoms with van der Waals surface area (Å²) in [5, 5.41) is 14.3. The molecule has 0 atom stereocenters. The summed E-state index contributed by atoms with van der Waals surface area (Å²) in [6, 6.07) is 17.8. The van der Waals surface area contributed by atoms with Crippen LogP contribution in [0.25, 0.3) is 32.3 Å². The van der Waals surface area contributed by atoms with Crippen LogP contribution in [-0.2, 0) is 19.1 Å². The van der Waals surface area contributed by atoms with E-state index in [9.17, 15) is 19.2 Å². The Balaban J connectivity index is 1.52. The third kappa shape index (κ3) is 5.97. The summed E-state index contributed by atoms with van der Waals surface area (Å²) in [6.45, 7) is 14.5. The van der Waals surface area contributed by atoms with Crippen LogP contribution in [0.2, 0.25) is 0 Å². The van der Waals surface area contributed by atoms with Gasteiger partial charge >= 0.3 is 5.97 Å². The van der Waals surface area contributed by atoms with Crippen LogP contribution in [-0.4, -0.2) is 45.9 Å². The van der Waals surface area contributed by atoms with Crippen molar-refractivity contribution in [3.05, 3.63) is 60.2 Å². The van der Waals surface area contributed by atoms with Crippen molar-refractivity contribution < 1.29 is 23.9 Å². The lowest BCUT2D eigenvalue weighted by Gasteiger charge is -2.35. The molecule has 4 aromatic carbocycles. The van der Waals surface area contributed by atoms with E-state index in [-0.39, 0.29) is 0 Å². The lowest BCUT2D eigenvalue weighted by Crippen LogP contribution is -2.65. The van der Waals surface area contributed by atoms with Crippen LogP contribution < -0.4 is 16.0 Å². The molecule has 0 aliphatic carbocycles. The molecule has 0 saturated carbocycles. The molecule has 8 heteroatoms. The number of rotatable bonds is 7. The van der Waals surface area contributed by atoms with E-state index in [1.807, 2.05) is 42.5 Å². The molecule has 0 aromatic heterocycles. The summed E-state index contributed by atoms with van der Waals surface area (Å²) >= 11 is 0. The number of benzene rings is 4. The maximum absolute atomic E-state index is 13.6. The number of esters is 1. The second kappa shape index (κ2) is 10.0. The molecule has 0 aliphatic heterocycles. The van der Waals surface area contributed by atoms with Crippen LogP contribution >= 0.6 is 0 Å². The Morgan fingerprint density at radius 3 is 1.59 bits per heavy atom. The Bertz CT molecular complexity index is 1660.